The van der Waals surface area contributed by atoms with E-state index in [-0.39, 0.29) is 5.91 Å². The minimum absolute atomic E-state index is 0.00000898. The Morgan fingerprint density at radius 2 is 1.26 bits per heavy atom. The van der Waals surface area contributed by atoms with Crippen molar-refractivity contribution in [2.45, 2.75) is 86.6 Å². The van der Waals surface area contributed by atoms with Gasteiger partial charge in [-0.1, -0.05) is 70.2 Å². The number of carbonyl (C=O) groups is 1. The fourth-order valence-electron chi connectivity index (χ4n) is 5.45. The molecule has 0 aromatic rings. The first kappa shape index (κ1) is 31.0. The zero-order valence-corrected chi connectivity index (χ0v) is 27.2. The van der Waals surface area contributed by atoms with Gasteiger partial charge in [-0.2, -0.15) is 0 Å². The average Bonchev–Trinajstić information content (AvgIpc) is 3.29. The van der Waals surface area contributed by atoms with Gasteiger partial charge in [0.2, 0.25) is 5.91 Å². The second-order valence-corrected chi connectivity index (χ2v) is 13.3. The Labute approximate surface area is 252 Å². The normalized spacial score (nSPS) is 12.8. The van der Waals surface area contributed by atoms with E-state index in [1.807, 2.05) is 27.8 Å². The quantitative estimate of drug-likeness (QED) is 0.102. The molecule has 4 nitrogen and oxygen atoms in total. The lowest BCUT2D eigenvalue weighted by atomic mass is 9.99. The molecular weight excluding hydrogens is 516 g/mol. The van der Waals surface area contributed by atoms with Crippen LogP contribution in [0, 0.1) is 19.1 Å². The minimum atomic E-state index is -0.540. The van der Waals surface area contributed by atoms with Crippen molar-refractivity contribution in [1.29, 1.82) is 0 Å². The van der Waals surface area contributed by atoms with Crippen LogP contribution in [0.2, 0.25) is 0 Å². The number of hydrogen-bond donors (Lipinski definition) is 0. The molecule has 0 aromatic heterocycles. The average molecular weight is 563 g/mol. The highest BCUT2D eigenvalue weighted by molar-refractivity contribution is 6.03. The van der Waals surface area contributed by atoms with Crippen LogP contribution in [0.3, 0.4) is 0 Å². The lowest BCUT2D eigenvalue weighted by molar-refractivity contribution is -0.530. The summed E-state index contributed by atoms with van der Waals surface area (Å²) in [6.45, 7) is 20.4. The molecule has 0 unspecified atom stereocenters. The van der Waals surface area contributed by atoms with Crippen LogP contribution in [-0.2, 0) is 4.79 Å². The van der Waals surface area contributed by atoms with Crippen LogP contribution < -0.4 is 4.90 Å². The van der Waals surface area contributed by atoms with E-state index in [0.29, 0.717) is 11.8 Å². The predicted octanol–water partition coefficient (Wildman–Crippen LogP) is 9.64. The Morgan fingerprint density at radius 3 is 1.74 bits per heavy atom. The molecule has 0 heterocycles. The van der Waals surface area contributed by atoms with Crippen molar-refractivity contribution in [2.24, 2.45) is 0 Å². The number of nitrogens with zero attached hydrogens (tertiary/aromatic N) is 2. The van der Waals surface area contributed by atoms with Crippen molar-refractivity contribution in [3.05, 3.63) is 92.7 Å². The van der Waals surface area contributed by atoms with Crippen molar-refractivity contribution in [1.82, 2.24) is 0 Å². The number of anilines is 1. The summed E-state index contributed by atoms with van der Waals surface area (Å²) >= 11 is 0. The predicted molar refractivity (Wildman–Crippen MR) is 180 cm³/mol. The molecule has 4 rings (SSSR count). The molecule has 0 atom stereocenters. The summed E-state index contributed by atoms with van der Waals surface area (Å²) in [4.78, 5) is 14.2. The monoisotopic (exact) mass is 562 g/mol. The summed E-state index contributed by atoms with van der Waals surface area (Å²) in [6.07, 6.45) is 6.06. The van der Waals surface area contributed by atoms with E-state index in [2.05, 4.69) is 102 Å². The summed E-state index contributed by atoms with van der Waals surface area (Å²) in [7, 11) is 1.84. The molecule has 220 valence electrons. The summed E-state index contributed by atoms with van der Waals surface area (Å²) in [5.74, 6) is 0.724. The van der Waals surface area contributed by atoms with Crippen LogP contribution in [0.15, 0.2) is 48.5 Å². The van der Waals surface area contributed by atoms with Gasteiger partial charge in [0.25, 0.3) is 0 Å². The summed E-state index contributed by atoms with van der Waals surface area (Å²) in [5, 5.41) is 13.1. The van der Waals surface area contributed by atoms with Gasteiger partial charge < -0.3 is 10.1 Å². The second-order valence-electron chi connectivity index (χ2n) is 13.3. The van der Waals surface area contributed by atoms with Crippen molar-refractivity contribution < 1.29 is 9.53 Å². The highest BCUT2D eigenvalue weighted by atomic mass is 16.5. The lowest BCUT2D eigenvalue weighted by Gasteiger charge is -2.18. The third kappa shape index (κ3) is 6.13. The lowest BCUT2D eigenvalue weighted by Crippen LogP contribution is -2.29. The first-order valence-corrected chi connectivity index (χ1v) is 15.0. The first-order chi connectivity index (χ1) is 19.6. The van der Waals surface area contributed by atoms with Gasteiger partial charge in [-0.05, 0) is 94.0 Å². The fraction of sp³-hybridized carbons (Fsp3) is 0.368. The van der Waals surface area contributed by atoms with Gasteiger partial charge in [0, 0.05) is 45.9 Å². The van der Waals surface area contributed by atoms with Gasteiger partial charge in [-0.3, -0.25) is 4.79 Å². The molecule has 0 fully saturated rings. The van der Waals surface area contributed by atoms with Crippen LogP contribution in [0.4, 0.5) is 5.69 Å². The minimum Gasteiger partial charge on any atom is -0.623 e. The Kier molecular flexibility index (Phi) is 8.68. The SMILES string of the molecule is CC(=O)N(C)c1cc(/C=C/c2cc(/C=[N+](\[O-])C(C)(C)C)c3cc(C(C)C)ccc(C)c2-3)c2c(C)ccc(C(C)C)cc1-2. The maximum Gasteiger partial charge on any atom is 0.223 e. The molecule has 0 aliphatic heterocycles. The number of hydrogen-bond acceptors (Lipinski definition) is 2. The van der Waals surface area contributed by atoms with Gasteiger partial charge in [0.05, 0.1) is 5.69 Å². The number of carbonyl (C=O) groups excluding carboxylic acids is 1. The number of rotatable bonds is 6. The zero-order valence-electron chi connectivity index (χ0n) is 27.2. The number of fused-ring (bicyclic) bond motifs is 2. The molecule has 0 N–H and O–H groups in total. The fourth-order valence-corrected chi connectivity index (χ4v) is 5.45. The smallest absolute Gasteiger partial charge is 0.223 e. The number of aryl methyl sites for hydroxylation is 2. The maximum absolute atomic E-state index is 13.1. The van der Waals surface area contributed by atoms with Gasteiger partial charge >= 0.3 is 0 Å². The Hall–Kier alpha value is -3.92. The standard InChI is InChI=1S/C38H46N2O2/c1-23(2)28-14-12-25(5)36-30(18-32(33(36)19-28)22-40(42)38(8,9)10)16-17-31-21-35(39(11)27(7)41)34-20-29(24(3)4)15-13-26(6)37(31)34/h12-24H,1-11H3/b17-16+,40-22-. The second kappa shape index (κ2) is 11.8. The van der Waals surface area contributed by atoms with E-state index >= 15 is 0 Å². The van der Waals surface area contributed by atoms with Crippen molar-refractivity contribution in [3.8, 4) is 22.3 Å². The largest absolute Gasteiger partial charge is 0.623 e. The Balaban J connectivity index is 1.96. The van der Waals surface area contributed by atoms with Crippen LogP contribution in [0.25, 0.3) is 34.4 Å². The molecule has 42 heavy (non-hydrogen) atoms. The third-order valence-electron chi connectivity index (χ3n) is 8.30. The van der Waals surface area contributed by atoms with Crippen LogP contribution in [0.5, 0.6) is 0 Å². The molecular formula is C38H46N2O2. The molecule has 1 amide bonds. The Morgan fingerprint density at radius 1 is 0.786 bits per heavy atom. The van der Waals surface area contributed by atoms with E-state index in [0.717, 1.165) is 60.5 Å². The van der Waals surface area contributed by atoms with Gasteiger partial charge in [-0.15, -0.1) is 0 Å². The molecule has 0 radical (unpaired) electrons. The van der Waals surface area contributed by atoms with E-state index in [1.54, 1.807) is 18.0 Å². The first-order valence-electron chi connectivity index (χ1n) is 15.0. The van der Waals surface area contributed by atoms with E-state index in [4.69, 9.17) is 0 Å². The zero-order chi connectivity index (χ0) is 31.1. The topological polar surface area (TPSA) is 46.4 Å². The van der Waals surface area contributed by atoms with E-state index < -0.39 is 5.54 Å². The van der Waals surface area contributed by atoms with Crippen LogP contribution >= 0.6 is 0 Å². The van der Waals surface area contributed by atoms with Crippen molar-refractivity contribution in [3.63, 3.8) is 0 Å². The van der Waals surface area contributed by atoms with Gasteiger partial charge in [-0.25, -0.2) is 4.74 Å². The molecule has 4 aliphatic carbocycles. The molecule has 4 aliphatic rings. The maximum atomic E-state index is 13.1. The number of hydroxylamine groups is 1. The van der Waals surface area contributed by atoms with Crippen LogP contribution in [0.1, 0.15) is 106 Å². The molecule has 0 bridgehead atoms. The third-order valence-corrected chi connectivity index (χ3v) is 8.30. The highest BCUT2D eigenvalue weighted by Gasteiger charge is 2.24. The summed E-state index contributed by atoms with van der Waals surface area (Å²) in [5.41, 5.74) is 12.7. The van der Waals surface area contributed by atoms with Crippen molar-refractivity contribution in [2.75, 3.05) is 11.9 Å². The van der Waals surface area contributed by atoms with E-state index in [9.17, 15) is 10.0 Å². The number of amides is 1. The molecule has 0 saturated heterocycles. The van der Waals surface area contributed by atoms with E-state index in [1.165, 1.54) is 11.1 Å². The summed E-state index contributed by atoms with van der Waals surface area (Å²) in [6, 6.07) is 17.5. The molecule has 0 spiro atoms. The van der Waals surface area contributed by atoms with Crippen LogP contribution in [-0.4, -0.2) is 29.4 Å². The molecule has 0 aromatic carbocycles. The van der Waals surface area contributed by atoms with Crippen molar-refractivity contribution >= 4 is 30.0 Å². The molecule has 0 saturated carbocycles. The summed E-state index contributed by atoms with van der Waals surface area (Å²) < 4.78 is 1.05. The molecule has 4 heteroatoms. The van der Waals surface area contributed by atoms with Gasteiger partial charge in [0.1, 0.15) is 0 Å². The highest BCUT2D eigenvalue weighted by Crippen LogP contribution is 2.43. The Bertz CT molecular complexity index is 1630. The van der Waals surface area contributed by atoms with Gasteiger partial charge in [0.15, 0.2) is 11.8 Å².